The van der Waals surface area contributed by atoms with Crippen molar-refractivity contribution in [3.63, 3.8) is 0 Å². The van der Waals surface area contributed by atoms with Crippen LogP contribution in [0.25, 0.3) is 0 Å². The summed E-state index contributed by atoms with van der Waals surface area (Å²) in [7, 11) is 0. The van der Waals surface area contributed by atoms with Crippen molar-refractivity contribution in [1.29, 1.82) is 0 Å². The van der Waals surface area contributed by atoms with Gasteiger partial charge in [0.2, 0.25) is 0 Å². The van der Waals surface area contributed by atoms with Gasteiger partial charge >= 0.3 is 0 Å². The van der Waals surface area contributed by atoms with E-state index in [2.05, 4.69) is 51.8 Å². The van der Waals surface area contributed by atoms with Crippen LogP contribution in [0, 0.1) is 0 Å². The summed E-state index contributed by atoms with van der Waals surface area (Å²) in [4.78, 5) is 8.69. The number of aromatic nitrogens is 1. The molecule has 1 N–H and O–H groups in total. The van der Waals surface area contributed by atoms with Gasteiger partial charge < -0.3 is 15.0 Å². The average molecular weight is 311 g/mol. The minimum atomic E-state index is 0.130. The molecular weight excluding hydrogens is 282 g/mol. The SMILES string of the molecule is CC(C)c1nc(N2CCOCC2C)sc1CNC(C)(C)C. The molecule has 1 unspecified atom stereocenters. The van der Waals surface area contributed by atoms with Crippen molar-refractivity contribution in [1.82, 2.24) is 10.3 Å². The molecular formula is C16H29N3OS. The van der Waals surface area contributed by atoms with Crippen LogP contribution >= 0.6 is 11.3 Å². The van der Waals surface area contributed by atoms with Crippen LogP contribution < -0.4 is 10.2 Å². The minimum Gasteiger partial charge on any atom is -0.377 e. The highest BCUT2D eigenvalue weighted by molar-refractivity contribution is 7.15. The van der Waals surface area contributed by atoms with Gasteiger partial charge in [-0.25, -0.2) is 4.98 Å². The first kappa shape index (κ1) is 16.7. The van der Waals surface area contributed by atoms with Gasteiger partial charge in [0.25, 0.3) is 0 Å². The number of hydrogen-bond acceptors (Lipinski definition) is 5. The molecule has 0 aromatic carbocycles. The summed E-state index contributed by atoms with van der Waals surface area (Å²) < 4.78 is 5.53. The lowest BCUT2D eigenvalue weighted by Gasteiger charge is -2.32. The van der Waals surface area contributed by atoms with E-state index in [1.807, 2.05) is 11.3 Å². The molecule has 0 amide bonds. The first-order valence-corrected chi connectivity index (χ1v) is 8.68. The number of hydrogen-bond donors (Lipinski definition) is 1. The Labute approximate surface area is 132 Å². The number of thiazole rings is 1. The maximum atomic E-state index is 5.53. The highest BCUT2D eigenvalue weighted by Gasteiger charge is 2.24. The molecule has 1 atom stereocenters. The maximum Gasteiger partial charge on any atom is 0.186 e. The molecule has 1 aliphatic rings. The topological polar surface area (TPSA) is 37.4 Å². The predicted octanol–water partition coefficient (Wildman–Crippen LogP) is 3.38. The van der Waals surface area contributed by atoms with Crippen molar-refractivity contribution in [3.8, 4) is 0 Å². The molecule has 2 rings (SSSR count). The van der Waals surface area contributed by atoms with Crippen LogP contribution in [-0.4, -0.2) is 36.3 Å². The Balaban J connectivity index is 2.20. The van der Waals surface area contributed by atoms with Gasteiger partial charge in [0.05, 0.1) is 24.9 Å². The zero-order valence-electron chi connectivity index (χ0n) is 14.2. The summed E-state index contributed by atoms with van der Waals surface area (Å²) in [6, 6.07) is 0.410. The summed E-state index contributed by atoms with van der Waals surface area (Å²) in [5, 5.41) is 4.74. The molecule has 0 radical (unpaired) electrons. The van der Waals surface area contributed by atoms with E-state index in [0.717, 1.165) is 31.4 Å². The monoisotopic (exact) mass is 311 g/mol. The number of morpholine rings is 1. The number of ether oxygens (including phenoxy) is 1. The molecule has 120 valence electrons. The first-order chi connectivity index (χ1) is 9.78. The van der Waals surface area contributed by atoms with E-state index >= 15 is 0 Å². The van der Waals surface area contributed by atoms with Crippen molar-refractivity contribution >= 4 is 16.5 Å². The summed E-state index contributed by atoms with van der Waals surface area (Å²) in [5.41, 5.74) is 1.37. The van der Waals surface area contributed by atoms with Gasteiger partial charge in [-0.1, -0.05) is 13.8 Å². The van der Waals surface area contributed by atoms with Gasteiger partial charge in [-0.3, -0.25) is 0 Å². The number of rotatable bonds is 4. The van der Waals surface area contributed by atoms with Crippen LogP contribution in [0.4, 0.5) is 5.13 Å². The minimum absolute atomic E-state index is 0.130. The van der Waals surface area contributed by atoms with Gasteiger partial charge in [-0.05, 0) is 33.6 Å². The van der Waals surface area contributed by atoms with E-state index in [1.54, 1.807) is 0 Å². The summed E-state index contributed by atoms with van der Waals surface area (Å²) in [5.74, 6) is 0.461. The van der Waals surface area contributed by atoms with E-state index in [9.17, 15) is 0 Å². The number of anilines is 1. The van der Waals surface area contributed by atoms with Gasteiger partial charge in [0.1, 0.15) is 0 Å². The predicted molar refractivity (Wildman–Crippen MR) is 90.4 cm³/mol. The first-order valence-electron chi connectivity index (χ1n) is 7.87. The van der Waals surface area contributed by atoms with E-state index in [4.69, 9.17) is 9.72 Å². The molecule has 0 bridgehead atoms. The van der Waals surface area contributed by atoms with Crippen molar-refractivity contribution < 1.29 is 4.74 Å². The van der Waals surface area contributed by atoms with Crippen LogP contribution in [0.5, 0.6) is 0 Å². The van der Waals surface area contributed by atoms with Gasteiger partial charge in [-0.15, -0.1) is 11.3 Å². The van der Waals surface area contributed by atoms with E-state index in [0.29, 0.717) is 12.0 Å². The van der Waals surface area contributed by atoms with Crippen molar-refractivity contribution in [3.05, 3.63) is 10.6 Å². The fourth-order valence-electron chi connectivity index (χ4n) is 2.41. The van der Waals surface area contributed by atoms with Crippen LogP contribution in [0.15, 0.2) is 0 Å². The largest absolute Gasteiger partial charge is 0.377 e. The Morgan fingerprint density at radius 1 is 1.43 bits per heavy atom. The summed E-state index contributed by atoms with van der Waals surface area (Å²) in [6.45, 7) is 16.7. The quantitative estimate of drug-likeness (QED) is 0.925. The molecule has 0 aliphatic carbocycles. The highest BCUT2D eigenvalue weighted by atomic mass is 32.1. The Hall–Kier alpha value is -0.650. The smallest absolute Gasteiger partial charge is 0.186 e. The molecule has 0 saturated carbocycles. The molecule has 4 nitrogen and oxygen atoms in total. The van der Waals surface area contributed by atoms with E-state index in [-0.39, 0.29) is 5.54 Å². The van der Waals surface area contributed by atoms with Gasteiger partial charge in [0.15, 0.2) is 5.13 Å². The van der Waals surface area contributed by atoms with Crippen molar-refractivity contribution in [2.45, 2.75) is 65.6 Å². The number of nitrogens with zero attached hydrogens (tertiary/aromatic N) is 2. The van der Waals surface area contributed by atoms with E-state index in [1.165, 1.54) is 10.6 Å². The van der Waals surface area contributed by atoms with Crippen LogP contribution in [-0.2, 0) is 11.3 Å². The van der Waals surface area contributed by atoms with Crippen LogP contribution in [0.3, 0.4) is 0 Å². The maximum absolute atomic E-state index is 5.53. The Morgan fingerprint density at radius 3 is 2.71 bits per heavy atom. The molecule has 1 aromatic heterocycles. The molecule has 5 heteroatoms. The Kier molecular flexibility index (Phi) is 5.28. The lowest BCUT2D eigenvalue weighted by Crippen LogP contribution is -2.43. The second-order valence-electron chi connectivity index (χ2n) is 7.18. The third-order valence-electron chi connectivity index (χ3n) is 3.66. The molecule has 1 fully saturated rings. The Bertz CT molecular complexity index is 465. The normalized spacial score (nSPS) is 20.3. The lowest BCUT2D eigenvalue weighted by molar-refractivity contribution is 0.0989. The molecule has 0 spiro atoms. The van der Waals surface area contributed by atoms with Crippen molar-refractivity contribution in [2.24, 2.45) is 0 Å². The van der Waals surface area contributed by atoms with Crippen LogP contribution in [0.2, 0.25) is 0 Å². The van der Waals surface area contributed by atoms with E-state index < -0.39 is 0 Å². The standard InChI is InChI=1S/C16H29N3OS/c1-11(2)14-13(9-17-16(4,5)6)21-15(18-14)19-7-8-20-10-12(19)3/h11-12,17H,7-10H2,1-6H3. The second-order valence-corrected chi connectivity index (χ2v) is 8.24. The van der Waals surface area contributed by atoms with Crippen LogP contribution in [0.1, 0.15) is 58.0 Å². The lowest BCUT2D eigenvalue weighted by atomic mass is 10.1. The van der Waals surface area contributed by atoms with Gasteiger partial charge in [-0.2, -0.15) is 0 Å². The third kappa shape index (κ3) is 4.41. The average Bonchev–Trinajstić information content (AvgIpc) is 2.80. The fraction of sp³-hybridized carbons (Fsp3) is 0.812. The van der Waals surface area contributed by atoms with Crippen molar-refractivity contribution in [2.75, 3.05) is 24.7 Å². The number of nitrogens with one attached hydrogen (secondary N) is 1. The molecule has 21 heavy (non-hydrogen) atoms. The third-order valence-corrected chi connectivity index (χ3v) is 4.76. The highest BCUT2D eigenvalue weighted by Crippen LogP contribution is 2.32. The summed E-state index contributed by atoms with van der Waals surface area (Å²) >= 11 is 1.84. The second kappa shape index (κ2) is 6.63. The molecule has 2 heterocycles. The molecule has 1 aliphatic heterocycles. The zero-order valence-corrected chi connectivity index (χ0v) is 15.0. The fourth-order valence-corrected chi connectivity index (χ4v) is 3.69. The molecule has 1 aromatic rings. The van der Waals surface area contributed by atoms with Gasteiger partial charge in [0, 0.05) is 23.5 Å². The molecule has 1 saturated heterocycles. The summed E-state index contributed by atoms with van der Waals surface area (Å²) in [6.07, 6.45) is 0. The zero-order chi connectivity index (χ0) is 15.6. The Morgan fingerprint density at radius 2 is 2.14 bits per heavy atom.